The number of aryl methyl sites for hydroxylation is 1. The Kier molecular flexibility index (Phi) is 5.14. The highest BCUT2D eigenvalue weighted by Crippen LogP contribution is 2.17. The minimum Gasteiger partial charge on any atom is -0.322 e. The van der Waals surface area contributed by atoms with Gasteiger partial charge in [0, 0.05) is 11.3 Å². The van der Waals surface area contributed by atoms with Crippen molar-refractivity contribution in [3.63, 3.8) is 0 Å². The lowest BCUT2D eigenvalue weighted by Gasteiger charge is -2.10. The molecule has 0 fully saturated rings. The second kappa shape index (κ2) is 7.28. The summed E-state index contributed by atoms with van der Waals surface area (Å²) in [5, 5.41) is 2.96. The van der Waals surface area contributed by atoms with Gasteiger partial charge in [-0.25, -0.2) is 0 Å². The molecular weight excluding hydrogens is 260 g/mol. The van der Waals surface area contributed by atoms with Crippen LogP contribution in [0.3, 0.4) is 0 Å². The van der Waals surface area contributed by atoms with Gasteiger partial charge in [0.05, 0.1) is 12.1 Å². The monoisotopic (exact) mass is 278 g/mol. The summed E-state index contributed by atoms with van der Waals surface area (Å²) < 4.78 is 0. The van der Waals surface area contributed by atoms with Crippen LogP contribution in [-0.2, 0) is 6.42 Å². The molecular formula is C18H18N2O. The largest absolute Gasteiger partial charge is 0.322 e. The van der Waals surface area contributed by atoms with Crippen LogP contribution in [0.5, 0.6) is 0 Å². The van der Waals surface area contributed by atoms with Crippen molar-refractivity contribution in [2.75, 3.05) is 11.9 Å². The number of carbonyl (C=O) groups is 1. The molecule has 0 atom stereocenters. The smallest absolute Gasteiger partial charge is 0.256 e. The van der Waals surface area contributed by atoms with E-state index in [1.165, 1.54) is 0 Å². The Labute approximate surface area is 125 Å². The van der Waals surface area contributed by atoms with Gasteiger partial charge >= 0.3 is 0 Å². The molecule has 0 saturated carbocycles. The molecule has 0 unspecified atom stereocenters. The average Bonchev–Trinajstić information content (AvgIpc) is 2.53. The van der Waals surface area contributed by atoms with Crippen molar-refractivity contribution in [3.8, 4) is 11.8 Å². The predicted molar refractivity (Wildman–Crippen MR) is 86.1 cm³/mol. The summed E-state index contributed by atoms with van der Waals surface area (Å²) in [5.74, 6) is 5.56. The first-order valence-corrected chi connectivity index (χ1v) is 6.93. The van der Waals surface area contributed by atoms with Gasteiger partial charge in [0.1, 0.15) is 0 Å². The third-order valence-electron chi connectivity index (χ3n) is 3.14. The molecule has 0 heterocycles. The molecule has 3 heteroatoms. The van der Waals surface area contributed by atoms with Crippen LogP contribution < -0.4 is 11.1 Å². The van der Waals surface area contributed by atoms with E-state index < -0.39 is 0 Å². The number of benzene rings is 2. The van der Waals surface area contributed by atoms with E-state index in [2.05, 4.69) is 24.1 Å². The fraction of sp³-hybridized carbons (Fsp3) is 0.167. The Balaban J connectivity index is 2.29. The second-order valence-electron chi connectivity index (χ2n) is 4.52. The molecule has 21 heavy (non-hydrogen) atoms. The highest BCUT2D eigenvalue weighted by molar-refractivity contribution is 6.06. The number of amides is 1. The van der Waals surface area contributed by atoms with E-state index in [4.69, 9.17) is 5.73 Å². The van der Waals surface area contributed by atoms with Crippen molar-refractivity contribution in [1.29, 1.82) is 0 Å². The van der Waals surface area contributed by atoms with Crippen LogP contribution in [-0.4, -0.2) is 12.5 Å². The van der Waals surface area contributed by atoms with Gasteiger partial charge in [0.15, 0.2) is 0 Å². The predicted octanol–water partition coefficient (Wildman–Crippen LogP) is 2.81. The second-order valence-corrected chi connectivity index (χ2v) is 4.52. The molecule has 2 aromatic carbocycles. The summed E-state index contributed by atoms with van der Waals surface area (Å²) in [7, 11) is 0. The van der Waals surface area contributed by atoms with Crippen molar-refractivity contribution in [2.24, 2.45) is 5.73 Å². The molecule has 0 radical (unpaired) electrons. The zero-order valence-corrected chi connectivity index (χ0v) is 12.0. The number of anilines is 1. The molecule has 0 aliphatic carbocycles. The lowest BCUT2D eigenvalue weighted by Crippen LogP contribution is -2.14. The average molecular weight is 278 g/mol. The van der Waals surface area contributed by atoms with Crippen LogP contribution in [0.4, 0.5) is 5.69 Å². The van der Waals surface area contributed by atoms with Gasteiger partial charge in [-0.3, -0.25) is 4.79 Å². The van der Waals surface area contributed by atoms with Gasteiger partial charge in [0.2, 0.25) is 0 Å². The standard InChI is InChI=1S/C18H18N2O/c1-2-14-8-4-6-12-17(14)20-18(21)16-11-5-3-9-15(16)10-7-13-19/h3-6,8-9,11-12H,2,13,19H2,1H3,(H,20,21). The van der Waals surface area contributed by atoms with Gasteiger partial charge < -0.3 is 11.1 Å². The summed E-state index contributed by atoms with van der Waals surface area (Å²) >= 11 is 0. The van der Waals surface area contributed by atoms with E-state index in [-0.39, 0.29) is 12.5 Å². The SMILES string of the molecule is CCc1ccccc1NC(=O)c1ccccc1C#CCN. The lowest BCUT2D eigenvalue weighted by molar-refractivity contribution is 0.102. The van der Waals surface area contributed by atoms with Crippen molar-refractivity contribution in [1.82, 2.24) is 0 Å². The normalized spacial score (nSPS) is 9.62. The lowest BCUT2D eigenvalue weighted by atomic mass is 10.1. The number of nitrogens with two attached hydrogens (primary N) is 1. The Bertz CT molecular complexity index is 696. The van der Waals surface area contributed by atoms with Gasteiger partial charge in [-0.05, 0) is 30.2 Å². The number of hydrogen-bond donors (Lipinski definition) is 2. The summed E-state index contributed by atoms with van der Waals surface area (Å²) in [4.78, 5) is 12.5. The first-order chi connectivity index (χ1) is 10.3. The zero-order valence-electron chi connectivity index (χ0n) is 12.0. The Morgan fingerprint density at radius 1 is 1.14 bits per heavy atom. The summed E-state index contributed by atoms with van der Waals surface area (Å²) in [6.45, 7) is 2.33. The molecule has 106 valence electrons. The molecule has 0 spiro atoms. The molecule has 2 aromatic rings. The van der Waals surface area contributed by atoms with Crippen LogP contribution in [0.15, 0.2) is 48.5 Å². The van der Waals surface area contributed by atoms with E-state index in [9.17, 15) is 4.79 Å². The fourth-order valence-corrected chi connectivity index (χ4v) is 2.08. The van der Waals surface area contributed by atoms with E-state index in [1.807, 2.05) is 42.5 Å². The Morgan fingerprint density at radius 2 is 1.86 bits per heavy atom. The van der Waals surface area contributed by atoms with E-state index in [1.54, 1.807) is 6.07 Å². The van der Waals surface area contributed by atoms with E-state index in [0.717, 1.165) is 17.7 Å². The zero-order chi connectivity index (χ0) is 15.1. The molecule has 0 bridgehead atoms. The molecule has 0 saturated heterocycles. The summed E-state index contributed by atoms with van der Waals surface area (Å²) in [6.07, 6.45) is 0.866. The summed E-state index contributed by atoms with van der Waals surface area (Å²) in [5.41, 5.74) is 8.59. The van der Waals surface area contributed by atoms with Gasteiger partial charge in [-0.2, -0.15) is 0 Å². The first kappa shape index (κ1) is 14.8. The van der Waals surface area contributed by atoms with Crippen LogP contribution in [0.25, 0.3) is 0 Å². The van der Waals surface area contributed by atoms with E-state index in [0.29, 0.717) is 11.1 Å². The molecule has 0 aliphatic rings. The number of carbonyl (C=O) groups excluding carboxylic acids is 1. The highest BCUT2D eigenvalue weighted by Gasteiger charge is 2.11. The van der Waals surface area contributed by atoms with E-state index >= 15 is 0 Å². The molecule has 3 nitrogen and oxygen atoms in total. The molecule has 0 aliphatic heterocycles. The fourth-order valence-electron chi connectivity index (χ4n) is 2.08. The number of rotatable bonds is 3. The molecule has 3 N–H and O–H groups in total. The van der Waals surface area contributed by atoms with Gasteiger partial charge in [0.25, 0.3) is 5.91 Å². The maximum atomic E-state index is 12.5. The third-order valence-corrected chi connectivity index (χ3v) is 3.14. The molecule has 2 rings (SSSR count). The minimum atomic E-state index is -0.155. The van der Waals surface area contributed by atoms with Crippen LogP contribution in [0.2, 0.25) is 0 Å². The van der Waals surface area contributed by atoms with Crippen LogP contribution >= 0.6 is 0 Å². The van der Waals surface area contributed by atoms with Crippen LogP contribution in [0.1, 0.15) is 28.4 Å². The number of hydrogen-bond acceptors (Lipinski definition) is 2. The highest BCUT2D eigenvalue weighted by atomic mass is 16.1. The van der Waals surface area contributed by atoms with Crippen molar-refractivity contribution >= 4 is 11.6 Å². The Hall–Kier alpha value is -2.57. The molecule has 1 amide bonds. The molecule has 0 aromatic heterocycles. The van der Waals surface area contributed by atoms with Gasteiger partial charge in [-0.15, -0.1) is 0 Å². The Morgan fingerprint density at radius 3 is 2.62 bits per heavy atom. The van der Waals surface area contributed by atoms with Crippen molar-refractivity contribution in [3.05, 3.63) is 65.2 Å². The van der Waals surface area contributed by atoms with Crippen LogP contribution in [0, 0.1) is 11.8 Å². The quantitative estimate of drug-likeness (QED) is 0.848. The van der Waals surface area contributed by atoms with Gasteiger partial charge in [-0.1, -0.05) is 49.1 Å². The third kappa shape index (κ3) is 3.71. The maximum absolute atomic E-state index is 12.5. The number of para-hydroxylation sites is 1. The topological polar surface area (TPSA) is 55.1 Å². The first-order valence-electron chi connectivity index (χ1n) is 6.93. The van der Waals surface area contributed by atoms with Crippen molar-refractivity contribution in [2.45, 2.75) is 13.3 Å². The maximum Gasteiger partial charge on any atom is 0.256 e. The minimum absolute atomic E-state index is 0.155. The number of nitrogens with one attached hydrogen (secondary N) is 1. The summed E-state index contributed by atoms with van der Waals surface area (Å²) in [6, 6.07) is 15.1. The van der Waals surface area contributed by atoms with Crippen molar-refractivity contribution < 1.29 is 4.79 Å².